The molecule has 0 saturated heterocycles. The molecule has 0 aliphatic carbocycles. The Balaban J connectivity index is 3.56. The maximum atomic E-state index is 12.4. The lowest BCUT2D eigenvalue weighted by Gasteiger charge is -2.14. The molecule has 0 aliphatic rings. The molecule has 96 valence electrons. The van der Waals surface area contributed by atoms with E-state index < -0.39 is 54.0 Å². The number of benzene rings is 1. The molecule has 1 rings (SSSR count). The van der Waals surface area contributed by atoms with Crippen molar-refractivity contribution in [2.75, 3.05) is 0 Å². The van der Waals surface area contributed by atoms with Crippen LogP contribution in [0.1, 0.15) is 11.1 Å². The van der Waals surface area contributed by atoms with E-state index in [1.54, 1.807) is 0 Å². The van der Waals surface area contributed by atoms with E-state index in [9.17, 15) is 29.4 Å². The fraction of sp³-hybridized carbons (Fsp3) is 0.250. The number of phenolic OH excluding ortho intramolecular Hbond substituents is 1. The van der Waals surface area contributed by atoms with Gasteiger partial charge in [-0.1, -0.05) is 0 Å². The number of aromatic hydroxyl groups is 1. The molecule has 0 aliphatic heterocycles. The van der Waals surface area contributed by atoms with Gasteiger partial charge in [-0.2, -0.15) is 26.3 Å². The van der Waals surface area contributed by atoms with Crippen LogP contribution in [0, 0.1) is 3.57 Å². The molecular weight excluding hydrogens is 369 g/mol. The minimum absolute atomic E-state index is 0.127. The number of hydrogen-bond acceptors (Lipinski definition) is 2. The number of rotatable bonds is 1. The lowest BCUT2D eigenvalue weighted by molar-refractivity contribution is -0.143. The van der Waals surface area contributed by atoms with Gasteiger partial charge in [0.2, 0.25) is 0 Å². The molecule has 0 bridgehead atoms. The standard InChI is InChI=1S/C8H3F6IO2/c9-7(10,11)3-1-4(8(12,13)14)6(15-17)5(16)2-3/h1-2,16H. The summed E-state index contributed by atoms with van der Waals surface area (Å²) in [7, 11) is 0. The smallest absolute Gasteiger partial charge is 0.417 e. The highest BCUT2D eigenvalue weighted by molar-refractivity contribution is 14.1. The zero-order valence-electron chi connectivity index (χ0n) is 7.66. The van der Waals surface area contributed by atoms with Crippen LogP contribution in [-0.2, 0) is 15.4 Å². The maximum absolute atomic E-state index is 12.4. The van der Waals surface area contributed by atoms with Gasteiger partial charge in [-0.25, -0.2) is 0 Å². The second-order valence-corrected chi connectivity index (χ2v) is 4.45. The summed E-state index contributed by atoms with van der Waals surface area (Å²) in [4.78, 5) is 0. The Morgan fingerprint density at radius 3 is 1.88 bits per heavy atom. The monoisotopic (exact) mass is 372 g/mol. The summed E-state index contributed by atoms with van der Waals surface area (Å²) in [5.74, 6) is -1.25. The zero-order valence-corrected chi connectivity index (χ0v) is 9.81. The van der Waals surface area contributed by atoms with Crippen LogP contribution in [0.2, 0.25) is 0 Å². The molecule has 9 heteroatoms. The van der Waals surface area contributed by atoms with Crippen LogP contribution >= 0.6 is 21.2 Å². The normalized spacial score (nSPS) is 12.8. The fourth-order valence-electron chi connectivity index (χ4n) is 1.06. The molecule has 0 spiro atoms. The van der Waals surface area contributed by atoms with Crippen molar-refractivity contribution in [3.63, 3.8) is 0 Å². The highest BCUT2D eigenvalue weighted by Crippen LogP contribution is 2.42. The van der Waals surface area contributed by atoms with E-state index in [4.69, 9.17) is 5.11 Å². The summed E-state index contributed by atoms with van der Waals surface area (Å²) in [5, 5.41) is 9.03. The van der Waals surface area contributed by atoms with Crippen LogP contribution in [0.25, 0.3) is 0 Å². The van der Waals surface area contributed by atoms with Crippen LogP contribution in [0.15, 0.2) is 12.1 Å². The van der Waals surface area contributed by atoms with Crippen molar-refractivity contribution in [3.05, 3.63) is 26.8 Å². The number of hydrogen-bond donors (Lipinski definition) is 1. The van der Waals surface area contributed by atoms with Gasteiger partial charge in [-0.05, 0) is 12.1 Å². The molecule has 1 aromatic carbocycles. The first-order chi connectivity index (χ1) is 7.57. The topological polar surface area (TPSA) is 37.3 Å². The molecule has 17 heavy (non-hydrogen) atoms. The van der Waals surface area contributed by atoms with Crippen molar-refractivity contribution in [2.45, 2.75) is 12.4 Å². The quantitative estimate of drug-likeness (QED) is 0.600. The van der Waals surface area contributed by atoms with Gasteiger partial charge in [0.1, 0.15) is 9.32 Å². The number of halogens is 7. The van der Waals surface area contributed by atoms with Crippen molar-refractivity contribution in [1.82, 2.24) is 0 Å². The van der Waals surface area contributed by atoms with E-state index in [0.29, 0.717) is 0 Å². The average molecular weight is 372 g/mol. The van der Waals surface area contributed by atoms with E-state index in [1.165, 1.54) is 0 Å². The third-order valence-corrected chi connectivity index (χ3v) is 3.34. The first kappa shape index (κ1) is 14.2. The summed E-state index contributed by atoms with van der Waals surface area (Å²) in [6, 6.07) is -0.0329. The van der Waals surface area contributed by atoms with E-state index in [0.717, 1.165) is 0 Å². The van der Waals surface area contributed by atoms with E-state index in [2.05, 4.69) is 0 Å². The average Bonchev–Trinajstić information content (AvgIpc) is 2.13. The zero-order chi connectivity index (χ0) is 13.4. The third-order valence-electron chi connectivity index (χ3n) is 1.76. The molecule has 0 radical (unpaired) electrons. The molecule has 0 atom stereocenters. The van der Waals surface area contributed by atoms with Crippen LogP contribution in [0.5, 0.6) is 5.75 Å². The number of phenols is 1. The first-order valence-electron chi connectivity index (χ1n) is 3.86. The van der Waals surface area contributed by atoms with Crippen molar-refractivity contribution < 1.29 is 34.5 Å². The Morgan fingerprint density at radius 1 is 1.00 bits per heavy atom. The predicted octanol–water partition coefficient (Wildman–Crippen LogP) is 3.92. The third kappa shape index (κ3) is 3.07. The maximum Gasteiger partial charge on any atom is 0.417 e. The van der Waals surface area contributed by atoms with Gasteiger partial charge >= 0.3 is 12.4 Å². The highest BCUT2D eigenvalue weighted by atomic mass is 127. The summed E-state index contributed by atoms with van der Waals surface area (Å²) in [6.45, 7) is 0. The lowest BCUT2D eigenvalue weighted by Crippen LogP contribution is -2.12. The summed E-state index contributed by atoms with van der Waals surface area (Å²) < 4.78 is 83.4. The van der Waals surface area contributed by atoms with E-state index in [-0.39, 0.29) is 12.1 Å². The van der Waals surface area contributed by atoms with Crippen LogP contribution in [-0.4, -0.2) is 5.11 Å². The van der Waals surface area contributed by atoms with E-state index in [1.807, 2.05) is 0 Å². The highest BCUT2D eigenvalue weighted by Gasteiger charge is 2.39. The Hall–Kier alpha value is -0.870. The molecule has 0 unspecified atom stereocenters. The Morgan fingerprint density at radius 2 is 1.53 bits per heavy atom. The Labute approximate surface area is 101 Å². The van der Waals surface area contributed by atoms with Crippen molar-refractivity contribution in [3.8, 4) is 5.75 Å². The molecular formula is C8H3F6IO2. The summed E-state index contributed by atoms with van der Waals surface area (Å²) >= 11 is -2.44. The largest absolute Gasteiger partial charge is 0.507 e. The van der Waals surface area contributed by atoms with Gasteiger partial charge in [0.05, 0.1) is 11.1 Å². The summed E-state index contributed by atoms with van der Waals surface area (Å²) in [6.07, 6.45) is -10.1. The number of alkyl halides is 6. The molecule has 0 fully saturated rings. The fourth-order valence-corrected chi connectivity index (χ4v) is 2.14. The van der Waals surface area contributed by atoms with Crippen molar-refractivity contribution in [1.29, 1.82) is 0 Å². The van der Waals surface area contributed by atoms with Gasteiger partial charge in [0.15, 0.2) is 21.2 Å². The first-order valence-corrected chi connectivity index (χ1v) is 5.82. The second kappa shape index (κ2) is 4.42. The van der Waals surface area contributed by atoms with Gasteiger partial charge < -0.3 is 5.11 Å². The van der Waals surface area contributed by atoms with Crippen LogP contribution in [0.3, 0.4) is 0 Å². The van der Waals surface area contributed by atoms with Crippen LogP contribution in [0.4, 0.5) is 26.3 Å². The molecule has 2 nitrogen and oxygen atoms in total. The molecule has 0 amide bonds. The van der Waals surface area contributed by atoms with Crippen molar-refractivity contribution >= 4 is 21.2 Å². The molecule has 0 saturated carbocycles. The van der Waals surface area contributed by atoms with Gasteiger partial charge in [0.25, 0.3) is 0 Å². The van der Waals surface area contributed by atoms with Gasteiger partial charge in [-0.3, -0.25) is 3.07 Å². The summed E-state index contributed by atoms with van der Waals surface area (Å²) in [5.41, 5.74) is -3.35. The van der Waals surface area contributed by atoms with Gasteiger partial charge in [0, 0.05) is 0 Å². The lowest BCUT2D eigenvalue weighted by atomic mass is 10.1. The molecule has 1 aromatic rings. The minimum Gasteiger partial charge on any atom is -0.507 e. The van der Waals surface area contributed by atoms with Crippen molar-refractivity contribution in [2.24, 2.45) is 0 Å². The predicted molar refractivity (Wildman–Crippen MR) is 51.5 cm³/mol. The molecule has 0 aromatic heterocycles. The van der Waals surface area contributed by atoms with Gasteiger partial charge in [-0.15, -0.1) is 0 Å². The molecule has 0 heterocycles. The Kier molecular flexibility index (Phi) is 3.69. The minimum atomic E-state index is -5.10. The van der Waals surface area contributed by atoms with Crippen LogP contribution < -0.4 is 0 Å². The van der Waals surface area contributed by atoms with E-state index >= 15 is 0 Å². The molecule has 1 N–H and O–H groups in total. The second-order valence-electron chi connectivity index (χ2n) is 2.93. The Bertz CT molecular complexity index is 451. The SMILES string of the molecule is O=Ic1c(O)cc(C(F)(F)F)cc1C(F)(F)F.